The molecule has 1 fully saturated rings. The van der Waals surface area contributed by atoms with Crippen LogP contribution in [0.25, 0.3) is 22.8 Å². The summed E-state index contributed by atoms with van der Waals surface area (Å²) in [5, 5.41) is 10.4. The van der Waals surface area contributed by atoms with Crippen LogP contribution < -0.4 is 10.1 Å². The highest BCUT2D eigenvalue weighted by Crippen LogP contribution is 2.37. The molecule has 0 aliphatic carbocycles. The molecule has 0 saturated carbocycles. The van der Waals surface area contributed by atoms with Crippen LogP contribution in [-0.2, 0) is 22.8 Å². The number of benzene rings is 3. The molecule has 40 heavy (non-hydrogen) atoms. The van der Waals surface area contributed by atoms with Crippen LogP contribution in [0.3, 0.4) is 0 Å². The first-order chi connectivity index (χ1) is 19.1. The van der Waals surface area contributed by atoms with Gasteiger partial charge in [0.15, 0.2) is 21.5 Å². The lowest BCUT2D eigenvalue weighted by Crippen LogP contribution is -2.39. The van der Waals surface area contributed by atoms with Gasteiger partial charge in [-0.3, -0.25) is 14.8 Å². The second-order valence-electron chi connectivity index (χ2n) is 11.0. The predicted molar refractivity (Wildman–Crippen MR) is 154 cm³/mol. The number of aromatic amines is 1. The molecule has 0 unspecified atom stereocenters. The summed E-state index contributed by atoms with van der Waals surface area (Å²) in [6.45, 7) is 5.79. The number of amides is 1. The molecule has 3 heterocycles. The number of ether oxygens (including phenoxy) is 1. The van der Waals surface area contributed by atoms with Gasteiger partial charge in [0.2, 0.25) is 0 Å². The summed E-state index contributed by atoms with van der Waals surface area (Å²) >= 11 is 0. The van der Waals surface area contributed by atoms with Gasteiger partial charge in [0, 0.05) is 48.4 Å². The number of nitrogens with zero attached hydrogens (tertiary/aromatic N) is 3. The molecule has 2 aliphatic heterocycles. The lowest BCUT2D eigenvalue weighted by Gasteiger charge is -2.26. The number of aromatic nitrogens is 3. The molecule has 1 aromatic heterocycles. The summed E-state index contributed by atoms with van der Waals surface area (Å²) < 4.78 is 29.3. The molecular weight excluding hydrogens is 526 g/mol. The van der Waals surface area contributed by atoms with Crippen molar-refractivity contribution in [2.45, 2.75) is 32.4 Å². The summed E-state index contributed by atoms with van der Waals surface area (Å²) in [6.07, 6.45) is 0.843. The Labute approximate surface area is 233 Å². The smallest absolute Gasteiger partial charge is 0.255 e. The van der Waals surface area contributed by atoms with Crippen molar-refractivity contribution >= 4 is 21.4 Å². The summed E-state index contributed by atoms with van der Waals surface area (Å²) in [6, 6.07) is 20.9. The van der Waals surface area contributed by atoms with Gasteiger partial charge in [-0.2, -0.15) is 5.10 Å². The van der Waals surface area contributed by atoms with Crippen molar-refractivity contribution in [2.75, 3.05) is 29.9 Å². The van der Waals surface area contributed by atoms with Crippen LogP contribution in [-0.4, -0.2) is 64.6 Å². The number of hydrogen-bond acceptors (Lipinski definition) is 7. The molecule has 1 saturated heterocycles. The number of carbonyl (C=O) groups excluding carboxylic acids is 1. The van der Waals surface area contributed by atoms with Crippen molar-refractivity contribution < 1.29 is 17.9 Å². The van der Waals surface area contributed by atoms with Gasteiger partial charge in [-0.05, 0) is 79.6 Å². The van der Waals surface area contributed by atoms with E-state index in [2.05, 4.69) is 45.3 Å². The normalized spacial score (nSPS) is 17.6. The van der Waals surface area contributed by atoms with E-state index in [1.165, 1.54) is 0 Å². The van der Waals surface area contributed by atoms with Gasteiger partial charge in [-0.1, -0.05) is 12.1 Å². The average molecular weight is 558 g/mol. The molecule has 206 valence electrons. The van der Waals surface area contributed by atoms with Crippen LogP contribution in [0.5, 0.6) is 5.75 Å². The molecule has 9 nitrogen and oxygen atoms in total. The van der Waals surface area contributed by atoms with Gasteiger partial charge in [-0.25, -0.2) is 13.4 Å². The van der Waals surface area contributed by atoms with E-state index in [0.29, 0.717) is 42.5 Å². The highest BCUT2D eigenvalue weighted by molar-refractivity contribution is 7.91. The molecule has 2 N–H and O–H groups in total. The molecule has 6 rings (SSSR count). The Bertz CT molecular complexity index is 1660. The number of H-pyrrole nitrogens is 1. The quantitative estimate of drug-likeness (QED) is 0.362. The van der Waals surface area contributed by atoms with Crippen molar-refractivity contribution in [2.24, 2.45) is 0 Å². The van der Waals surface area contributed by atoms with Crippen LogP contribution in [0.4, 0.5) is 5.69 Å². The first-order valence-electron chi connectivity index (χ1n) is 13.3. The van der Waals surface area contributed by atoms with E-state index in [4.69, 9.17) is 4.74 Å². The lowest BCUT2D eigenvalue weighted by molar-refractivity contribution is 0.102. The summed E-state index contributed by atoms with van der Waals surface area (Å²) in [5.74, 6) is 2.32. The van der Waals surface area contributed by atoms with Crippen LogP contribution in [0.15, 0.2) is 66.7 Å². The zero-order valence-corrected chi connectivity index (χ0v) is 23.3. The fourth-order valence-electron chi connectivity index (χ4n) is 5.16. The maximum atomic E-state index is 12.9. The number of fused-ring (bicyclic) bond motifs is 1. The minimum Gasteiger partial charge on any atom is -0.487 e. The minimum atomic E-state index is -2.92. The third-order valence-corrected chi connectivity index (χ3v) is 8.86. The van der Waals surface area contributed by atoms with Gasteiger partial charge in [0.1, 0.15) is 11.4 Å². The zero-order valence-electron chi connectivity index (χ0n) is 22.5. The van der Waals surface area contributed by atoms with E-state index in [0.717, 1.165) is 34.4 Å². The number of hydrogen-bond donors (Lipinski definition) is 2. The summed E-state index contributed by atoms with van der Waals surface area (Å²) in [4.78, 5) is 19.7. The highest BCUT2D eigenvalue weighted by atomic mass is 32.2. The summed E-state index contributed by atoms with van der Waals surface area (Å²) in [7, 11) is -2.92. The van der Waals surface area contributed by atoms with Gasteiger partial charge in [0.25, 0.3) is 5.91 Å². The molecule has 3 aromatic carbocycles. The SMILES string of the molecule is CC1(C)Cc2cc(-c3n[nH]c(-c4ccc(NC(=O)c5cccc(CN6CCS(=O)(=O)CC6)c5)cc4)n3)ccc2O1. The van der Waals surface area contributed by atoms with E-state index in [1.54, 1.807) is 6.07 Å². The van der Waals surface area contributed by atoms with Crippen molar-refractivity contribution in [3.8, 4) is 28.5 Å². The molecule has 0 atom stereocenters. The maximum absolute atomic E-state index is 12.9. The molecule has 1 amide bonds. The Morgan fingerprint density at radius 1 is 1.02 bits per heavy atom. The van der Waals surface area contributed by atoms with Crippen molar-refractivity contribution in [1.29, 1.82) is 0 Å². The molecular formula is C30H31N5O4S. The third kappa shape index (κ3) is 5.78. The monoisotopic (exact) mass is 557 g/mol. The van der Waals surface area contributed by atoms with Crippen LogP contribution >= 0.6 is 0 Å². The number of nitrogens with one attached hydrogen (secondary N) is 2. The van der Waals surface area contributed by atoms with Crippen molar-refractivity contribution in [3.05, 3.63) is 83.4 Å². The average Bonchev–Trinajstić information content (AvgIpc) is 3.53. The van der Waals surface area contributed by atoms with Gasteiger partial charge in [0.05, 0.1) is 11.5 Å². The molecule has 0 bridgehead atoms. The fraction of sp³-hybridized carbons (Fsp3) is 0.300. The molecule has 0 spiro atoms. The largest absolute Gasteiger partial charge is 0.487 e. The Morgan fingerprint density at radius 3 is 2.55 bits per heavy atom. The Kier molecular flexibility index (Phi) is 6.67. The maximum Gasteiger partial charge on any atom is 0.255 e. The summed E-state index contributed by atoms with van der Waals surface area (Å²) in [5.41, 5.74) is 4.93. The lowest BCUT2D eigenvalue weighted by atomic mass is 10.00. The number of rotatable bonds is 6. The first-order valence-corrected chi connectivity index (χ1v) is 15.1. The number of sulfone groups is 1. The molecule has 4 aromatic rings. The number of carbonyl (C=O) groups is 1. The van der Waals surface area contributed by atoms with E-state index in [-0.39, 0.29) is 23.0 Å². The van der Waals surface area contributed by atoms with Crippen molar-refractivity contribution in [3.63, 3.8) is 0 Å². The van der Waals surface area contributed by atoms with Gasteiger partial charge >= 0.3 is 0 Å². The standard InChI is InChI=1S/C30H31N5O4S/c1-30(2)18-24-17-22(8-11-26(24)39-30)28-32-27(33-34-28)21-6-9-25(10-7-21)31-29(36)23-5-3-4-20(16-23)19-35-12-14-40(37,38)15-13-35/h3-11,16-17H,12-15,18-19H2,1-2H3,(H,31,36)(H,32,33,34). The number of anilines is 1. The predicted octanol–water partition coefficient (Wildman–Crippen LogP) is 4.33. The van der Waals surface area contributed by atoms with Crippen LogP contribution in [0.2, 0.25) is 0 Å². The second-order valence-corrected chi connectivity index (χ2v) is 13.3. The Balaban J connectivity index is 1.09. The highest BCUT2D eigenvalue weighted by Gasteiger charge is 2.30. The molecule has 10 heteroatoms. The minimum absolute atomic E-state index is 0.181. The molecule has 0 radical (unpaired) electrons. The van der Waals surface area contributed by atoms with Crippen molar-refractivity contribution in [1.82, 2.24) is 20.1 Å². The first kappa shape index (κ1) is 26.2. The van der Waals surface area contributed by atoms with E-state index in [9.17, 15) is 13.2 Å². The van der Waals surface area contributed by atoms with E-state index in [1.807, 2.05) is 54.6 Å². The second kappa shape index (κ2) is 10.2. The topological polar surface area (TPSA) is 117 Å². The van der Waals surface area contributed by atoms with Gasteiger partial charge < -0.3 is 10.1 Å². The van der Waals surface area contributed by atoms with E-state index < -0.39 is 9.84 Å². The zero-order chi connectivity index (χ0) is 27.9. The van der Waals surface area contributed by atoms with Crippen LogP contribution in [0.1, 0.15) is 35.3 Å². The van der Waals surface area contributed by atoms with E-state index >= 15 is 0 Å². The fourth-order valence-corrected chi connectivity index (χ4v) is 6.44. The molecule has 2 aliphatic rings. The Hall–Kier alpha value is -4.02. The van der Waals surface area contributed by atoms with Crippen LogP contribution in [0, 0.1) is 0 Å². The third-order valence-electron chi connectivity index (χ3n) is 7.26. The van der Waals surface area contributed by atoms with Gasteiger partial charge in [-0.15, -0.1) is 0 Å². The Morgan fingerprint density at radius 2 is 1.77 bits per heavy atom.